The summed E-state index contributed by atoms with van der Waals surface area (Å²) in [5, 5.41) is 16.7. The highest BCUT2D eigenvalue weighted by Crippen LogP contribution is 2.42. The van der Waals surface area contributed by atoms with E-state index in [0.29, 0.717) is 47.9 Å². The van der Waals surface area contributed by atoms with Crippen molar-refractivity contribution in [1.82, 2.24) is 31.0 Å². The Morgan fingerprint density at radius 3 is 2.67 bits per heavy atom. The average Bonchev–Trinajstić information content (AvgIpc) is 3.38. The van der Waals surface area contributed by atoms with E-state index in [-0.39, 0.29) is 28.1 Å². The number of fused-ring (bicyclic) bond motifs is 1. The molecule has 0 spiro atoms. The SMILES string of the molecule is Cc1nc(-c2c(F)cc(Cl)cc2-c2cc(F)c3c(c2)CCC3NC(=O)C2(NC(=O)Oc3ccnnc3)CC2)no1. The average molecular weight is 567 g/mol. The van der Waals surface area contributed by atoms with Crippen molar-refractivity contribution in [3.63, 3.8) is 0 Å². The van der Waals surface area contributed by atoms with Crippen LogP contribution in [-0.4, -0.2) is 37.9 Å². The fourth-order valence-corrected chi connectivity index (χ4v) is 5.15. The number of benzene rings is 2. The van der Waals surface area contributed by atoms with Crippen molar-refractivity contribution in [3.8, 4) is 28.3 Å². The van der Waals surface area contributed by atoms with Crippen LogP contribution in [0.5, 0.6) is 5.75 Å². The molecule has 1 saturated carbocycles. The number of halogens is 3. The lowest BCUT2D eigenvalue weighted by Gasteiger charge is -2.21. The minimum absolute atomic E-state index is 0.0219. The monoisotopic (exact) mass is 566 g/mol. The van der Waals surface area contributed by atoms with Crippen LogP contribution in [-0.2, 0) is 11.2 Å². The molecule has 2 aromatic heterocycles. The molecule has 1 unspecified atom stereocenters. The number of rotatable bonds is 6. The number of aromatic nitrogens is 4. The van der Waals surface area contributed by atoms with Gasteiger partial charge in [0.25, 0.3) is 0 Å². The number of carbonyl (C=O) groups is 2. The first kappa shape index (κ1) is 25.8. The summed E-state index contributed by atoms with van der Waals surface area (Å²) in [6, 6.07) is 6.53. The van der Waals surface area contributed by atoms with Gasteiger partial charge in [0, 0.05) is 23.6 Å². The van der Waals surface area contributed by atoms with Gasteiger partial charge < -0.3 is 19.9 Å². The van der Waals surface area contributed by atoms with Crippen LogP contribution in [0.2, 0.25) is 5.02 Å². The zero-order valence-corrected chi connectivity index (χ0v) is 21.8. The molecule has 1 fully saturated rings. The molecule has 2 N–H and O–H groups in total. The molecule has 40 heavy (non-hydrogen) atoms. The van der Waals surface area contributed by atoms with Crippen LogP contribution in [0.25, 0.3) is 22.5 Å². The van der Waals surface area contributed by atoms with E-state index in [0.717, 1.165) is 6.07 Å². The molecule has 2 aliphatic rings. The van der Waals surface area contributed by atoms with Crippen LogP contribution >= 0.6 is 11.6 Å². The summed E-state index contributed by atoms with van der Waals surface area (Å²) in [6.45, 7) is 1.58. The van der Waals surface area contributed by atoms with E-state index in [9.17, 15) is 9.59 Å². The second kappa shape index (κ2) is 9.94. The summed E-state index contributed by atoms with van der Waals surface area (Å²) in [5.74, 6) is -1.20. The Balaban J connectivity index is 1.23. The second-order valence-electron chi connectivity index (χ2n) is 9.72. The normalized spacial score (nSPS) is 16.8. The van der Waals surface area contributed by atoms with E-state index < -0.39 is 35.2 Å². The van der Waals surface area contributed by atoms with Crippen LogP contribution in [0.4, 0.5) is 13.6 Å². The van der Waals surface area contributed by atoms with Crippen molar-refractivity contribution in [2.24, 2.45) is 0 Å². The first-order chi connectivity index (χ1) is 19.2. The van der Waals surface area contributed by atoms with Crippen LogP contribution in [0, 0.1) is 18.6 Å². The summed E-state index contributed by atoms with van der Waals surface area (Å²) in [6.07, 6.45) is 3.60. The highest BCUT2D eigenvalue weighted by atomic mass is 35.5. The summed E-state index contributed by atoms with van der Waals surface area (Å²) < 4.78 is 40.8. The van der Waals surface area contributed by atoms with E-state index >= 15 is 8.78 Å². The Labute approximate surface area is 231 Å². The molecule has 4 aromatic rings. The molecule has 10 nitrogen and oxygen atoms in total. The molecule has 2 aromatic carbocycles. The van der Waals surface area contributed by atoms with Gasteiger partial charge in [0.05, 0.1) is 24.0 Å². The van der Waals surface area contributed by atoms with E-state index in [1.165, 1.54) is 30.6 Å². The van der Waals surface area contributed by atoms with Gasteiger partial charge in [0.1, 0.15) is 17.2 Å². The van der Waals surface area contributed by atoms with E-state index in [1.54, 1.807) is 13.0 Å². The van der Waals surface area contributed by atoms with Crippen LogP contribution in [0.3, 0.4) is 0 Å². The number of amides is 2. The predicted octanol–water partition coefficient (Wildman–Crippen LogP) is 4.86. The topological polar surface area (TPSA) is 132 Å². The number of hydrogen-bond donors (Lipinski definition) is 2. The molecule has 6 rings (SSSR count). The van der Waals surface area contributed by atoms with Gasteiger partial charge in [-0.1, -0.05) is 22.8 Å². The molecular formula is C27H21ClF2N6O4. The van der Waals surface area contributed by atoms with Crippen molar-refractivity contribution < 1.29 is 27.6 Å². The van der Waals surface area contributed by atoms with Gasteiger partial charge in [-0.15, -0.1) is 0 Å². The molecule has 2 heterocycles. The lowest BCUT2D eigenvalue weighted by molar-refractivity contribution is -0.124. The maximum Gasteiger partial charge on any atom is 0.413 e. The molecular weight excluding hydrogens is 546 g/mol. The van der Waals surface area contributed by atoms with Gasteiger partial charge in [-0.25, -0.2) is 13.6 Å². The lowest BCUT2D eigenvalue weighted by atomic mass is 9.95. The third-order valence-electron chi connectivity index (χ3n) is 6.98. The minimum atomic E-state index is -1.13. The molecule has 0 aliphatic heterocycles. The number of nitrogens with zero attached hydrogens (tertiary/aromatic N) is 4. The van der Waals surface area contributed by atoms with Crippen LogP contribution < -0.4 is 15.4 Å². The first-order valence-electron chi connectivity index (χ1n) is 12.4. The highest BCUT2D eigenvalue weighted by molar-refractivity contribution is 6.31. The van der Waals surface area contributed by atoms with Crippen LogP contribution in [0.1, 0.15) is 42.3 Å². The molecule has 0 radical (unpaired) electrons. The lowest BCUT2D eigenvalue weighted by Crippen LogP contribution is -2.50. The van der Waals surface area contributed by atoms with Gasteiger partial charge in [0.15, 0.2) is 5.75 Å². The third kappa shape index (κ3) is 4.86. The molecule has 0 saturated heterocycles. The molecule has 1 atom stereocenters. The maximum atomic E-state index is 15.6. The molecule has 204 valence electrons. The van der Waals surface area contributed by atoms with Crippen molar-refractivity contribution in [3.05, 3.63) is 76.4 Å². The third-order valence-corrected chi connectivity index (χ3v) is 7.20. The highest BCUT2D eigenvalue weighted by Gasteiger charge is 2.52. The fourth-order valence-electron chi connectivity index (χ4n) is 4.94. The zero-order chi connectivity index (χ0) is 28.0. The summed E-state index contributed by atoms with van der Waals surface area (Å²) >= 11 is 6.14. The molecule has 13 heteroatoms. The number of carbonyl (C=O) groups excluding carboxylic acids is 2. The van der Waals surface area contributed by atoms with Crippen molar-refractivity contribution in [1.29, 1.82) is 0 Å². The second-order valence-corrected chi connectivity index (χ2v) is 10.2. The van der Waals surface area contributed by atoms with Gasteiger partial charge in [-0.05, 0) is 60.6 Å². The van der Waals surface area contributed by atoms with Crippen LogP contribution in [0.15, 0.2) is 47.2 Å². The quantitative estimate of drug-likeness (QED) is 0.338. The minimum Gasteiger partial charge on any atom is -0.409 e. The molecule has 2 amide bonds. The van der Waals surface area contributed by atoms with Gasteiger partial charge in [-0.3, -0.25) is 4.79 Å². The number of hydrogen-bond acceptors (Lipinski definition) is 8. The fraction of sp³-hybridized carbons (Fsp3) is 0.259. The van der Waals surface area contributed by atoms with Gasteiger partial charge in [0.2, 0.25) is 17.6 Å². The standard InChI is InChI=1S/C27H21ClF2N6O4/c1-13-33-24(36-40-13)23-18(10-16(28)11-20(23)30)15-8-14-2-3-21(22(14)19(29)9-15)34-25(37)27(5-6-27)35-26(38)39-17-4-7-31-32-12-17/h4,7-12,21H,2-3,5-6H2,1H3,(H,34,37)(H,35,38). The van der Waals surface area contributed by atoms with Crippen molar-refractivity contribution in [2.45, 2.75) is 44.2 Å². The number of nitrogens with one attached hydrogen (secondary N) is 2. The predicted molar refractivity (Wildman–Crippen MR) is 137 cm³/mol. The Kier molecular flexibility index (Phi) is 6.41. The largest absolute Gasteiger partial charge is 0.413 e. The maximum absolute atomic E-state index is 15.6. The Morgan fingerprint density at radius 1 is 1.15 bits per heavy atom. The zero-order valence-electron chi connectivity index (χ0n) is 21.0. The van der Waals surface area contributed by atoms with Gasteiger partial charge in [-0.2, -0.15) is 15.2 Å². The van der Waals surface area contributed by atoms with E-state index in [4.69, 9.17) is 20.9 Å². The summed E-state index contributed by atoms with van der Waals surface area (Å²) in [4.78, 5) is 29.6. The smallest absolute Gasteiger partial charge is 0.409 e. The van der Waals surface area contributed by atoms with E-state index in [2.05, 4.69) is 31.0 Å². The Bertz CT molecular complexity index is 1640. The number of aryl methyl sites for hydroxylation is 2. The Morgan fingerprint density at radius 2 is 1.98 bits per heavy atom. The summed E-state index contributed by atoms with van der Waals surface area (Å²) in [5.41, 5.74) is 0.614. The summed E-state index contributed by atoms with van der Waals surface area (Å²) in [7, 11) is 0. The molecule has 2 aliphatic carbocycles. The van der Waals surface area contributed by atoms with Gasteiger partial charge >= 0.3 is 6.09 Å². The van der Waals surface area contributed by atoms with Crippen molar-refractivity contribution in [2.75, 3.05) is 0 Å². The number of ether oxygens (including phenoxy) is 1. The first-order valence-corrected chi connectivity index (χ1v) is 12.8. The Hall–Kier alpha value is -4.45. The van der Waals surface area contributed by atoms with E-state index in [1.807, 2.05) is 0 Å². The van der Waals surface area contributed by atoms with Crippen molar-refractivity contribution >= 4 is 23.6 Å². The molecule has 0 bridgehead atoms.